The summed E-state index contributed by atoms with van der Waals surface area (Å²) in [6.07, 6.45) is -0.505. The number of ether oxygens (including phenoxy) is 3. The Kier molecular flexibility index (Phi) is 3.94. The Morgan fingerprint density at radius 3 is 2.59 bits per heavy atom. The molecule has 0 spiro atoms. The average molecular weight is 436 g/mol. The maximum Gasteiger partial charge on any atom is 0.266 e. The topological polar surface area (TPSA) is 92.4 Å². The molecule has 0 unspecified atom stereocenters. The predicted molar refractivity (Wildman–Crippen MR) is 84.1 cm³/mol. The maximum atomic E-state index is 11.4. The summed E-state index contributed by atoms with van der Waals surface area (Å²) >= 11 is 7.01. The molecule has 0 bridgehead atoms. The lowest BCUT2D eigenvalue weighted by atomic mass is 9.93. The van der Waals surface area contributed by atoms with Crippen molar-refractivity contribution in [2.24, 2.45) is 16.8 Å². The van der Waals surface area contributed by atoms with Crippen LogP contribution in [0.25, 0.3) is 0 Å². The largest absolute Gasteiger partial charge is 0.492 e. The lowest BCUT2D eigenvalue weighted by molar-refractivity contribution is -0.112. The van der Waals surface area contributed by atoms with Crippen LogP contribution in [0, 0.1) is 5.92 Å². The zero-order valence-electron chi connectivity index (χ0n) is 11.7. The van der Waals surface area contributed by atoms with Crippen LogP contribution in [0.3, 0.4) is 0 Å². The number of benzene rings is 1. The minimum atomic E-state index is -0.602. The lowest BCUT2D eigenvalue weighted by Crippen LogP contribution is -2.28. The van der Waals surface area contributed by atoms with Gasteiger partial charge in [-0.1, -0.05) is 12.1 Å². The molecule has 2 aliphatic heterocycles. The number of methoxy groups -OCH3 is 1. The third kappa shape index (κ3) is 2.14. The first-order valence-corrected chi connectivity index (χ1v) is 7.93. The van der Waals surface area contributed by atoms with Crippen LogP contribution in [0.5, 0.6) is 17.2 Å². The molecule has 0 fully saturated rings. The van der Waals surface area contributed by atoms with Gasteiger partial charge in [0.25, 0.3) is 5.91 Å². The van der Waals surface area contributed by atoms with Gasteiger partial charge in [-0.05, 0) is 31.9 Å². The van der Waals surface area contributed by atoms with E-state index in [9.17, 15) is 4.79 Å². The number of nitrogens with zero attached hydrogens (tertiary/aromatic N) is 1. The van der Waals surface area contributed by atoms with Gasteiger partial charge in [0.1, 0.15) is 0 Å². The standard InChI is InChI=1S/C13H12Br2N2O5/c1-4-8(13(16)18)17-22-9(4)5-6(14)10(19-2)12-11(7(5)15)20-3-21-12/h4,9H,3H2,1-2H3,(H2,16,18)/t4-,9-/m1/s1. The minimum Gasteiger partial charge on any atom is -0.492 e. The van der Waals surface area contributed by atoms with Gasteiger partial charge in [0.15, 0.2) is 23.3 Å². The number of rotatable bonds is 3. The molecule has 2 atom stereocenters. The summed E-state index contributed by atoms with van der Waals surface area (Å²) in [5.74, 6) is 0.615. The van der Waals surface area contributed by atoms with Crippen LogP contribution in [-0.4, -0.2) is 25.5 Å². The highest BCUT2D eigenvalue weighted by atomic mass is 79.9. The number of amides is 1. The van der Waals surface area contributed by atoms with Gasteiger partial charge < -0.3 is 24.8 Å². The van der Waals surface area contributed by atoms with Gasteiger partial charge in [-0.25, -0.2) is 0 Å². The molecule has 2 aliphatic rings. The summed E-state index contributed by atoms with van der Waals surface area (Å²) < 4.78 is 17.6. The summed E-state index contributed by atoms with van der Waals surface area (Å²) in [5, 5.41) is 3.79. The smallest absolute Gasteiger partial charge is 0.266 e. The van der Waals surface area contributed by atoms with Crippen molar-refractivity contribution in [3.8, 4) is 17.2 Å². The maximum absolute atomic E-state index is 11.4. The van der Waals surface area contributed by atoms with Gasteiger partial charge in [0.2, 0.25) is 12.5 Å². The van der Waals surface area contributed by atoms with E-state index in [2.05, 4.69) is 37.0 Å². The van der Waals surface area contributed by atoms with Crippen molar-refractivity contribution >= 4 is 43.5 Å². The molecule has 9 heteroatoms. The first-order valence-electron chi connectivity index (χ1n) is 6.35. The lowest BCUT2D eigenvalue weighted by Gasteiger charge is -2.20. The first kappa shape index (κ1) is 15.4. The number of halogens is 2. The number of primary amides is 1. The van der Waals surface area contributed by atoms with Crippen molar-refractivity contribution in [1.82, 2.24) is 0 Å². The fourth-order valence-electron chi connectivity index (χ4n) is 2.49. The van der Waals surface area contributed by atoms with Crippen molar-refractivity contribution in [3.05, 3.63) is 14.5 Å². The number of nitrogens with two attached hydrogens (primary N) is 1. The van der Waals surface area contributed by atoms with E-state index in [1.54, 1.807) is 0 Å². The van der Waals surface area contributed by atoms with E-state index >= 15 is 0 Å². The Morgan fingerprint density at radius 1 is 1.32 bits per heavy atom. The van der Waals surface area contributed by atoms with Gasteiger partial charge in [0, 0.05) is 5.56 Å². The number of carbonyl (C=O) groups excluding carboxylic acids is 1. The molecule has 3 rings (SSSR count). The first-order chi connectivity index (χ1) is 10.5. The third-order valence-electron chi connectivity index (χ3n) is 3.58. The van der Waals surface area contributed by atoms with Gasteiger partial charge in [-0.2, -0.15) is 0 Å². The van der Waals surface area contributed by atoms with Crippen LogP contribution in [0.15, 0.2) is 14.1 Å². The zero-order chi connectivity index (χ0) is 16.0. The van der Waals surface area contributed by atoms with E-state index in [4.69, 9.17) is 24.8 Å². The van der Waals surface area contributed by atoms with Gasteiger partial charge in [-0.15, -0.1) is 0 Å². The summed E-state index contributed by atoms with van der Waals surface area (Å²) in [5.41, 5.74) is 6.22. The molecule has 0 saturated carbocycles. The second kappa shape index (κ2) is 5.62. The summed E-state index contributed by atoms with van der Waals surface area (Å²) in [6, 6.07) is 0. The third-order valence-corrected chi connectivity index (χ3v) is 5.16. The fraction of sp³-hybridized carbons (Fsp3) is 0.385. The molecule has 1 aromatic carbocycles. The van der Waals surface area contributed by atoms with Crippen LogP contribution < -0.4 is 19.9 Å². The van der Waals surface area contributed by atoms with E-state index in [0.717, 1.165) is 0 Å². The molecule has 2 N–H and O–H groups in total. The summed E-state index contributed by atoms with van der Waals surface area (Å²) in [6.45, 7) is 1.92. The van der Waals surface area contributed by atoms with E-state index in [1.807, 2.05) is 6.92 Å². The quantitative estimate of drug-likeness (QED) is 0.787. The Morgan fingerprint density at radius 2 is 2.00 bits per heavy atom. The van der Waals surface area contributed by atoms with Crippen LogP contribution in [-0.2, 0) is 9.63 Å². The predicted octanol–water partition coefficient (Wildman–Crippen LogP) is 2.50. The van der Waals surface area contributed by atoms with Crippen molar-refractivity contribution in [2.45, 2.75) is 13.0 Å². The van der Waals surface area contributed by atoms with Crippen molar-refractivity contribution in [2.75, 3.05) is 13.9 Å². The van der Waals surface area contributed by atoms with E-state index < -0.39 is 12.0 Å². The van der Waals surface area contributed by atoms with Crippen LogP contribution >= 0.6 is 31.9 Å². The van der Waals surface area contributed by atoms with E-state index in [1.165, 1.54) is 7.11 Å². The highest BCUT2D eigenvalue weighted by Crippen LogP contribution is 2.55. The van der Waals surface area contributed by atoms with E-state index in [-0.39, 0.29) is 18.4 Å². The molecule has 118 valence electrons. The zero-order valence-corrected chi connectivity index (χ0v) is 14.9. The normalized spacial score (nSPS) is 22.3. The average Bonchev–Trinajstić information content (AvgIpc) is 3.07. The number of hydrogen-bond donors (Lipinski definition) is 1. The van der Waals surface area contributed by atoms with Gasteiger partial charge >= 0.3 is 0 Å². The molecule has 22 heavy (non-hydrogen) atoms. The van der Waals surface area contributed by atoms with Crippen molar-refractivity contribution in [3.63, 3.8) is 0 Å². The molecule has 7 nitrogen and oxygen atoms in total. The molecule has 1 amide bonds. The van der Waals surface area contributed by atoms with Gasteiger partial charge in [-0.3, -0.25) is 4.79 Å². The van der Waals surface area contributed by atoms with Crippen LogP contribution in [0.1, 0.15) is 18.6 Å². The molecule has 0 aromatic heterocycles. The molecule has 0 aliphatic carbocycles. The Bertz CT molecular complexity index is 692. The SMILES string of the molecule is COc1c(Br)c([C@@H]2ON=C(C(N)=O)[C@H]2C)c(Br)c2c1OCO2. The second-order valence-corrected chi connectivity index (χ2v) is 6.38. The summed E-state index contributed by atoms with van der Waals surface area (Å²) in [7, 11) is 1.53. The molecule has 0 radical (unpaired) electrons. The second-order valence-electron chi connectivity index (χ2n) is 4.80. The van der Waals surface area contributed by atoms with Gasteiger partial charge in [0.05, 0.1) is 22.0 Å². The number of hydrogen-bond acceptors (Lipinski definition) is 6. The number of carbonyl (C=O) groups is 1. The fourth-order valence-corrected chi connectivity index (χ4v) is 4.24. The van der Waals surface area contributed by atoms with Crippen molar-refractivity contribution in [1.29, 1.82) is 0 Å². The van der Waals surface area contributed by atoms with E-state index in [0.29, 0.717) is 31.8 Å². The molecule has 2 heterocycles. The molecular weight excluding hydrogens is 424 g/mol. The number of oxime groups is 1. The number of fused-ring (bicyclic) bond motifs is 1. The highest BCUT2D eigenvalue weighted by Gasteiger charge is 2.40. The minimum absolute atomic E-state index is 0.101. The molecular formula is C13H12Br2N2O5. The molecule has 1 aromatic rings. The molecule has 0 saturated heterocycles. The Balaban J connectivity index is 2.11. The van der Waals surface area contributed by atoms with Crippen LogP contribution in [0.2, 0.25) is 0 Å². The monoisotopic (exact) mass is 434 g/mol. The summed E-state index contributed by atoms with van der Waals surface area (Å²) in [4.78, 5) is 16.8. The Hall–Kier alpha value is -1.48. The Labute approximate surface area is 143 Å². The van der Waals surface area contributed by atoms with Crippen LogP contribution in [0.4, 0.5) is 0 Å². The van der Waals surface area contributed by atoms with Crippen molar-refractivity contribution < 1.29 is 23.8 Å². The highest BCUT2D eigenvalue weighted by molar-refractivity contribution is 9.11.